The molecular formula is C21H21FN4O. The minimum absolute atomic E-state index is 0.137. The Balaban J connectivity index is 1.61. The highest BCUT2D eigenvalue weighted by atomic mass is 19.1. The number of aromatic nitrogens is 1. The molecule has 0 radical (unpaired) electrons. The Morgan fingerprint density at radius 3 is 2.59 bits per heavy atom. The van der Waals surface area contributed by atoms with Crippen molar-refractivity contribution in [3.63, 3.8) is 0 Å². The summed E-state index contributed by atoms with van der Waals surface area (Å²) in [5.41, 5.74) is 8.71. The van der Waals surface area contributed by atoms with Gasteiger partial charge in [-0.05, 0) is 53.9 Å². The van der Waals surface area contributed by atoms with E-state index in [-0.39, 0.29) is 18.3 Å². The van der Waals surface area contributed by atoms with E-state index in [1.54, 1.807) is 30.5 Å². The molecule has 0 unspecified atom stereocenters. The average Bonchev–Trinajstić information content (AvgIpc) is 2.70. The first-order valence-electron chi connectivity index (χ1n) is 8.66. The van der Waals surface area contributed by atoms with Gasteiger partial charge >= 0.3 is 0 Å². The second-order valence-electron chi connectivity index (χ2n) is 5.93. The molecule has 0 fully saturated rings. The highest BCUT2D eigenvalue weighted by Gasteiger charge is 2.06. The number of nitrogens with zero attached hydrogens (tertiary/aromatic N) is 2. The van der Waals surface area contributed by atoms with E-state index >= 15 is 0 Å². The maximum Gasteiger partial charge on any atom is 0.193 e. The van der Waals surface area contributed by atoms with Gasteiger partial charge in [-0.25, -0.2) is 9.38 Å². The number of benzene rings is 2. The van der Waals surface area contributed by atoms with Crippen molar-refractivity contribution < 1.29 is 9.13 Å². The van der Waals surface area contributed by atoms with Crippen LogP contribution in [0.1, 0.15) is 18.1 Å². The Morgan fingerprint density at radius 2 is 1.93 bits per heavy atom. The van der Waals surface area contributed by atoms with E-state index in [4.69, 9.17) is 10.5 Å². The van der Waals surface area contributed by atoms with Crippen LogP contribution in [0.3, 0.4) is 0 Å². The Hall–Kier alpha value is -3.41. The zero-order valence-corrected chi connectivity index (χ0v) is 15.0. The standard InChI is InChI=1S/C21H21FN4O/c1-2-15-5-8-17(9-6-15)26-21(23)25-13-16-7-10-20(19(22)12-16)27-18-4-3-11-24-14-18/h3-12,14H,2,13H2,1H3,(H3,23,25,26). The van der Waals surface area contributed by atoms with Crippen molar-refractivity contribution in [3.8, 4) is 11.5 Å². The number of rotatable bonds is 6. The Bertz CT molecular complexity index is 911. The van der Waals surface area contributed by atoms with Gasteiger partial charge in [0.25, 0.3) is 0 Å². The van der Waals surface area contributed by atoms with E-state index in [0.29, 0.717) is 11.3 Å². The summed E-state index contributed by atoms with van der Waals surface area (Å²) in [6.07, 6.45) is 4.13. The molecule has 0 saturated heterocycles. The summed E-state index contributed by atoms with van der Waals surface area (Å²) in [5, 5.41) is 3.02. The molecule has 138 valence electrons. The molecule has 0 bridgehead atoms. The van der Waals surface area contributed by atoms with Crippen LogP contribution in [0.4, 0.5) is 10.1 Å². The van der Waals surface area contributed by atoms with Crippen LogP contribution in [0.2, 0.25) is 0 Å². The number of guanidine groups is 1. The van der Waals surface area contributed by atoms with Crippen molar-refractivity contribution in [1.82, 2.24) is 4.98 Å². The minimum atomic E-state index is -0.465. The van der Waals surface area contributed by atoms with Crippen LogP contribution in [0, 0.1) is 5.82 Å². The van der Waals surface area contributed by atoms with Gasteiger partial charge in [-0.15, -0.1) is 0 Å². The van der Waals surface area contributed by atoms with Crippen LogP contribution >= 0.6 is 0 Å². The maximum atomic E-state index is 14.2. The maximum absolute atomic E-state index is 14.2. The molecule has 0 aliphatic heterocycles. The number of nitrogens with two attached hydrogens (primary N) is 1. The van der Waals surface area contributed by atoms with E-state index in [9.17, 15) is 4.39 Å². The molecule has 0 spiro atoms. The van der Waals surface area contributed by atoms with Crippen molar-refractivity contribution in [3.05, 3.63) is 83.9 Å². The lowest BCUT2D eigenvalue weighted by atomic mass is 10.1. The predicted molar refractivity (Wildman–Crippen MR) is 105 cm³/mol. The molecule has 0 atom stereocenters. The minimum Gasteiger partial charge on any atom is -0.453 e. The first kappa shape index (κ1) is 18.4. The topological polar surface area (TPSA) is 72.5 Å². The van der Waals surface area contributed by atoms with Gasteiger partial charge in [-0.3, -0.25) is 4.98 Å². The fourth-order valence-corrected chi connectivity index (χ4v) is 2.45. The number of hydrogen-bond acceptors (Lipinski definition) is 3. The molecule has 2 aromatic carbocycles. The van der Waals surface area contributed by atoms with Crippen LogP contribution in [0.25, 0.3) is 0 Å². The molecule has 6 heteroatoms. The average molecular weight is 364 g/mol. The fourth-order valence-electron chi connectivity index (χ4n) is 2.45. The van der Waals surface area contributed by atoms with Gasteiger partial charge in [-0.2, -0.15) is 0 Å². The van der Waals surface area contributed by atoms with Crippen molar-refractivity contribution in [1.29, 1.82) is 0 Å². The molecule has 0 saturated carbocycles. The molecule has 1 heterocycles. The third-order valence-corrected chi connectivity index (χ3v) is 3.93. The normalized spacial score (nSPS) is 11.3. The van der Waals surface area contributed by atoms with Crippen molar-refractivity contribution in [2.24, 2.45) is 10.7 Å². The van der Waals surface area contributed by atoms with Gasteiger partial charge in [-0.1, -0.05) is 25.1 Å². The lowest BCUT2D eigenvalue weighted by Gasteiger charge is -2.08. The predicted octanol–water partition coefficient (Wildman–Crippen LogP) is 4.50. The lowest BCUT2D eigenvalue weighted by Crippen LogP contribution is -2.22. The molecule has 27 heavy (non-hydrogen) atoms. The van der Waals surface area contributed by atoms with Gasteiger partial charge in [0.2, 0.25) is 0 Å². The molecule has 3 N–H and O–H groups in total. The summed E-state index contributed by atoms with van der Waals surface area (Å²) < 4.78 is 19.7. The third-order valence-electron chi connectivity index (χ3n) is 3.93. The van der Waals surface area contributed by atoms with E-state index in [0.717, 1.165) is 12.1 Å². The second-order valence-corrected chi connectivity index (χ2v) is 5.93. The van der Waals surface area contributed by atoms with Crippen LogP contribution in [0.5, 0.6) is 11.5 Å². The van der Waals surface area contributed by atoms with Gasteiger partial charge in [0.1, 0.15) is 5.75 Å². The largest absolute Gasteiger partial charge is 0.453 e. The summed E-state index contributed by atoms with van der Waals surface area (Å²) in [6, 6.07) is 16.1. The first-order valence-corrected chi connectivity index (χ1v) is 8.66. The summed E-state index contributed by atoms with van der Waals surface area (Å²) in [6.45, 7) is 2.36. The van der Waals surface area contributed by atoms with Crippen LogP contribution in [-0.2, 0) is 13.0 Å². The van der Waals surface area contributed by atoms with Gasteiger partial charge in [0.15, 0.2) is 17.5 Å². The van der Waals surface area contributed by atoms with E-state index in [2.05, 4.69) is 22.2 Å². The Kier molecular flexibility index (Phi) is 5.99. The summed E-state index contributed by atoms with van der Waals surface area (Å²) in [7, 11) is 0. The highest BCUT2D eigenvalue weighted by molar-refractivity contribution is 5.92. The van der Waals surface area contributed by atoms with Crippen LogP contribution < -0.4 is 15.8 Å². The van der Waals surface area contributed by atoms with Crippen molar-refractivity contribution >= 4 is 11.6 Å². The van der Waals surface area contributed by atoms with E-state index in [1.165, 1.54) is 17.8 Å². The van der Waals surface area contributed by atoms with Crippen molar-refractivity contribution in [2.75, 3.05) is 5.32 Å². The first-order chi connectivity index (χ1) is 13.1. The Morgan fingerprint density at radius 1 is 1.15 bits per heavy atom. The number of aryl methyl sites for hydroxylation is 1. The highest BCUT2D eigenvalue weighted by Crippen LogP contribution is 2.24. The number of pyridine rings is 1. The molecule has 0 aliphatic carbocycles. The molecule has 5 nitrogen and oxygen atoms in total. The van der Waals surface area contributed by atoms with Gasteiger partial charge < -0.3 is 15.8 Å². The number of aliphatic imine (C=N–C) groups is 1. The number of nitrogens with one attached hydrogen (secondary N) is 1. The molecule has 3 rings (SSSR count). The van der Waals surface area contributed by atoms with Gasteiger partial charge in [0, 0.05) is 11.9 Å². The number of anilines is 1. The smallest absolute Gasteiger partial charge is 0.193 e. The van der Waals surface area contributed by atoms with Gasteiger partial charge in [0.05, 0.1) is 12.7 Å². The molecular weight excluding hydrogens is 343 g/mol. The zero-order valence-electron chi connectivity index (χ0n) is 15.0. The summed E-state index contributed by atoms with van der Waals surface area (Å²) >= 11 is 0. The van der Waals surface area contributed by atoms with Crippen molar-refractivity contribution in [2.45, 2.75) is 19.9 Å². The Labute approximate surface area is 157 Å². The third kappa shape index (κ3) is 5.28. The summed E-state index contributed by atoms with van der Waals surface area (Å²) in [4.78, 5) is 8.19. The van der Waals surface area contributed by atoms with E-state index < -0.39 is 5.82 Å². The fraction of sp³-hybridized carbons (Fsp3) is 0.143. The summed E-state index contributed by atoms with van der Waals surface area (Å²) in [5.74, 6) is 0.422. The van der Waals surface area contributed by atoms with Crippen LogP contribution in [-0.4, -0.2) is 10.9 Å². The SMILES string of the molecule is CCc1ccc(NC(N)=NCc2ccc(Oc3cccnc3)c(F)c2)cc1. The second kappa shape index (κ2) is 8.80. The monoisotopic (exact) mass is 364 g/mol. The number of hydrogen-bond donors (Lipinski definition) is 2. The molecule has 0 amide bonds. The lowest BCUT2D eigenvalue weighted by molar-refractivity contribution is 0.440. The molecule has 0 aliphatic rings. The van der Waals surface area contributed by atoms with Crippen LogP contribution in [0.15, 0.2) is 72.0 Å². The quantitative estimate of drug-likeness (QED) is 0.499. The molecule has 1 aromatic heterocycles. The zero-order chi connectivity index (χ0) is 19.1. The van der Waals surface area contributed by atoms with E-state index in [1.807, 2.05) is 24.3 Å². The molecule has 3 aromatic rings. The number of ether oxygens (including phenoxy) is 1. The number of halogens is 1.